The lowest BCUT2D eigenvalue weighted by atomic mass is 10.3. The minimum Gasteiger partial charge on any atom is -0.395 e. The van der Waals surface area contributed by atoms with Crippen molar-refractivity contribution in [2.75, 3.05) is 13.2 Å². The maximum Gasteiger partial charge on any atom is 0.277 e. The van der Waals surface area contributed by atoms with Crippen molar-refractivity contribution in [1.29, 1.82) is 0 Å². The highest BCUT2D eigenvalue weighted by atomic mass is 32.2. The molecule has 0 bridgehead atoms. The first-order valence-electron chi connectivity index (χ1n) is 5.98. The second kappa shape index (κ2) is 8.30. The summed E-state index contributed by atoms with van der Waals surface area (Å²) in [4.78, 5) is 0.898. The number of nitrogens with one attached hydrogen (secondary N) is 2. The average Bonchev–Trinajstić information content (AvgIpc) is 2.83. The van der Waals surface area contributed by atoms with Gasteiger partial charge in [0.1, 0.15) is 0 Å². The fourth-order valence-electron chi connectivity index (χ4n) is 1.21. The van der Waals surface area contributed by atoms with E-state index in [0.29, 0.717) is 13.0 Å². The van der Waals surface area contributed by atoms with Crippen LogP contribution in [0.4, 0.5) is 0 Å². The van der Waals surface area contributed by atoms with Crippen LogP contribution in [-0.4, -0.2) is 26.7 Å². The summed E-state index contributed by atoms with van der Waals surface area (Å²) in [5, 5.41) is 10.5. The van der Waals surface area contributed by atoms with Crippen LogP contribution in [0.1, 0.15) is 30.2 Å². The van der Waals surface area contributed by atoms with E-state index in [2.05, 4.69) is 21.3 Å². The Labute approximate surface area is 118 Å². The van der Waals surface area contributed by atoms with E-state index in [1.165, 1.54) is 11.3 Å². The van der Waals surface area contributed by atoms with E-state index in [0.717, 1.165) is 16.9 Å². The molecule has 0 unspecified atom stereocenters. The summed E-state index contributed by atoms with van der Waals surface area (Å²) in [6, 6.07) is 1.84. The molecule has 1 rings (SSSR count). The highest BCUT2D eigenvalue weighted by molar-refractivity contribution is 7.87. The van der Waals surface area contributed by atoms with Crippen LogP contribution in [0.5, 0.6) is 0 Å². The van der Waals surface area contributed by atoms with E-state index >= 15 is 0 Å². The van der Waals surface area contributed by atoms with Gasteiger partial charge in [-0.15, -0.1) is 11.3 Å². The van der Waals surface area contributed by atoms with Crippen molar-refractivity contribution in [3.05, 3.63) is 21.9 Å². The summed E-state index contributed by atoms with van der Waals surface area (Å²) in [6.07, 6.45) is 1.20. The van der Waals surface area contributed by atoms with Crippen LogP contribution >= 0.6 is 11.3 Å². The molecule has 0 spiro atoms. The lowest BCUT2D eigenvalue weighted by Crippen LogP contribution is -2.36. The zero-order valence-electron chi connectivity index (χ0n) is 10.8. The molecule has 1 aromatic heterocycles. The Morgan fingerprint density at radius 2 is 2.21 bits per heavy atom. The van der Waals surface area contributed by atoms with Gasteiger partial charge >= 0.3 is 0 Å². The molecule has 0 atom stereocenters. The van der Waals surface area contributed by atoms with E-state index in [1.807, 2.05) is 18.4 Å². The summed E-state index contributed by atoms with van der Waals surface area (Å²) in [7, 11) is -3.42. The Hall–Kier alpha value is -0.910. The molecule has 0 saturated carbocycles. The van der Waals surface area contributed by atoms with E-state index in [-0.39, 0.29) is 13.2 Å². The summed E-state index contributed by atoms with van der Waals surface area (Å²) in [5.41, 5.74) is 0.842. The SMILES string of the molecule is CCCNS(=O)(=O)NCc1cc(C#CCCO)cs1. The summed E-state index contributed by atoms with van der Waals surface area (Å²) < 4.78 is 27.9. The van der Waals surface area contributed by atoms with Crippen LogP contribution in [0.15, 0.2) is 11.4 Å². The van der Waals surface area contributed by atoms with Gasteiger partial charge in [0.25, 0.3) is 10.2 Å². The van der Waals surface area contributed by atoms with Crippen molar-refractivity contribution in [2.24, 2.45) is 0 Å². The predicted octanol–water partition coefficient (Wildman–Crippen LogP) is 0.816. The molecule has 0 aliphatic rings. The number of hydrogen-bond donors (Lipinski definition) is 3. The van der Waals surface area contributed by atoms with Crippen molar-refractivity contribution in [3.63, 3.8) is 0 Å². The van der Waals surface area contributed by atoms with Gasteiger partial charge in [-0.3, -0.25) is 0 Å². The monoisotopic (exact) mass is 302 g/mol. The topological polar surface area (TPSA) is 78.4 Å². The summed E-state index contributed by atoms with van der Waals surface area (Å²) in [6.45, 7) is 2.63. The van der Waals surface area contributed by atoms with Crippen molar-refractivity contribution in [1.82, 2.24) is 9.44 Å². The normalized spacial score (nSPS) is 11.1. The maximum atomic E-state index is 11.5. The molecule has 3 N–H and O–H groups in total. The number of aliphatic hydroxyl groups excluding tert-OH is 1. The molecule has 0 amide bonds. The lowest BCUT2D eigenvalue weighted by molar-refractivity contribution is 0.305. The Kier molecular flexibility index (Phi) is 7.05. The second-order valence-corrected chi connectivity index (χ2v) is 6.38. The zero-order valence-corrected chi connectivity index (χ0v) is 12.4. The van der Waals surface area contributed by atoms with Gasteiger partial charge in [-0.05, 0) is 12.5 Å². The Balaban J connectivity index is 2.49. The molecule has 0 saturated heterocycles. The van der Waals surface area contributed by atoms with Gasteiger partial charge in [0.15, 0.2) is 0 Å². The Morgan fingerprint density at radius 3 is 2.89 bits per heavy atom. The second-order valence-electron chi connectivity index (χ2n) is 3.80. The van der Waals surface area contributed by atoms with Gasteiger partial charge < -0.3 is 5.11 Å². The summed E-state index contributed by atoms with van der Waals surface area (Å²) >= 11 is 1.45. The molecule has 0 radical (unpaired) electrons. The molecule has 0 aliphatic heterocycles. The van der Waals surface area contributed by atoms with Crippen LogP contribution in [0.25, 0.3) is 0 Å². The van der Waals surface area contributed by atoms with Crippen molar-refractivity contribution < 1.29 is 13.5 Å². The molecule has 1 heterocycles. The van der Waals surface area contributed by atoms with Crippen LogP contribution < -0.4 is 9.44 Å². The van der Waals surface area contributed by atoms with Gasteiger partial charge in [-0.25, -0.2) is 4.72 Å². The minimum absolute atomic E-state index is 0.0485. The average molecular weight is 302 g/mol. The Bertz CT molecular complexity index is 541. The molecule has 0 fully saturated rings. The fourth-order valence-corrected chi connectivity index (χ4v) is 2.98. The number of aliphatic hydroxyl groups is 1. The lowest BCUT2D eigenvalue weighted by Gasteiger charge is -2.05. The predicted molar refractivity (Wildman–Crippen MR) is 77.0 cm³/mol. The molecule has 19 heavy (non-hydrogen) atoms. The molecular weight excluding hydrogens is 284 g/mol. The molecule has 0 aliphatic carbocycles. The molecule has 5 nitrogen and oxygen atoms in total. The van der Waals surface area contributed by atoms with Gasteiger partial charge in [0.2, 0.25) is 0 Å². The highest BCUT2D eigenvalue weighted by Crippen LogP contribution is 2.13. The van der Waals surface area contributed by atoms with E-state index in [4.69, 9.17) is 5.11 Å². The third kappa shape index (κ3) is 6.71. The molecular formula is C12H18N2O3S2. The van der Waals surface area contributed by atoms with E-state index in [9.17, 15) is 8.42 Å². The van der Waals surface area contributed by atoms with Crippen molar-refractivity contribution in [3.8, 4) is 11.8 Å². The zero-order chi connectivity index (χ0) is 14.1. The van der Waals surface area contributed by atoms with Crippen molar-refractivity contribution >= 4 is 21.5 Å². The highest BCUT2D eigenvalue weighted by Gasteiger charge is 2.08. The van der Waals surface area contributed by atoms with Gasteiger partial charge in [-0.2, -0.15) is 13.1 Å². The minimum atomic E-state index is -3.42. The van der Waals surface area contributed by atoms with Crippen LogP contribution in [-0.2, 0) is 16.8 Å². The first kappa shape index (κ1) is 16.1. The quantitative estimate of drug-likeness (QED) is 0.652. The first-order chi connectivity index (χ1) is 9.07. The van der Waals surface area contributed by atoms with E-state index in [1.54, 1.807) is 0 Å². The molecule has 1 aromatic rings. The molecule has 0 aromatic carbocycles. The molecule has 7 heteroatoms. The third-order valence-corrected chi connectivity index (χ3v) is 4.15. The number of rotatable bonds is 7. The largest absolute Gasteiger partial charge is 0.395 e. The molecule has 106 valence electrons. The van der Waals surface area contributed by atoms with Gasteiger partial charge in [0.05, 0.1) is 6.61 Å². The van der Waals surface area contributed by atoms with Crippen LogP contribution in [0, 0.1) is 11.8 Å². The smallest absolute Gasteiger partial charge is 0.277 e. The van der Waals surface area contributed by atoms with Gasteiger partial charge in [0, 0.05) is 35.3 Å². The summed E-state index contributed by atoms with van der Waals surface area (Å²) in [5.74, 6) is 5.73. The number of hydrogen-bond acceptors (Lipinski definition) is 4. The number of thiophene rings is 1. The van der Waals surface area contributed by atoms with Gasteiger partial charge in [-0.1, -0.05) is 18.8 Å². The van der Waals surface area contributed by atoms with E-state index < -0.39 is 10.2 Å². The van der Waals surface area contributed by atoms with Crippen LogP contribution in [0.2, 0.25) is 0 Å². The first-order valence-corrected chi connectivity index (χ1v) is 8.35. The Morgan fingerprint density at radius 1 is 1.42 bits per heavy atom. The van der Waals surface area contributed by atoms with Crippen molar-refractivity contribution in [2.45, 2.75) is 26.3 Å². The third-order valence-electron chi connectivity index (χ3n) is 2.10. The van der Waals surface area contributed by atoms with Crippen LogP contribution in [0.3, 0.4) is 0 Å². The fraction of sp³-hybridized carbons (Fsp3) is 0.500. The maximum absolute atomic E-state index is 11.5. The standard InChI is InChI=1S/C12H18N2O3S2/c1-2-6-13-19(16,17)14-9-12-8-11(10-18-12)5-3-4-7-15/h8,10,13-15H,2,4,6-7,9H2,1H3.